The molecule has 1 fully saturated rings. The van der Waals surface area contributed by atoms with E-state index < -0.39 is 0 Å². The molecule has 0 aliphatic carbocycles. The van der Waals surface area contributed by atoms with Gasteiger partial charge in [0.05, 0.1) is 0 Å². The van der Waals surface area contributed by atoms with Crippen LogP contribution in [0.1, 0.15) is 24.1 Å². The molecule has 0 saturated carbocycles. The molecule has 116 valence electrons. The molecule has 6 nitrogen and oxygen atoms in total. The molecule has 3 N–H and O–H groups in total. The first-order valence-corrected chi connectivity index (χ1v) is 7.56. The van der Waals surface area contributed by atoms with Gasteiger partial charge in [0.2, 0.25) is 5.91 Å². The number of carbonyl (C=O) groups is 2. The minimum absolute atomic E-state index is 0.137. The topological polar surface area (TPSA) is 77.2 Å². The molecular weight excluding hydrogens is 280 g/mol. The van der Waals surface area contributed by atoms with Gasteiger partial charge >= 0.3 is 6.03 Å². The predicted molar refractivity (Wildman–Crippen MR) is 84.2 cm³/mol. The first kappa shape index (κ1) is 14.4. The van der Waals surface area contributed by atoms with Crippen molar-refractivity contribution in [3.63, 3.8) is 0 Å². The number of H-pyrrole nitrogens is 1. The van der Waals surface area contributed by atoms with Gasteiger partial charge < -0.3 is 10.3 Å². The van der Waals surface area contributed by atoms with Gasteiger partial charge in [0.15, 0.2) is 0 Å². The molecule has 0 atom stereocenters. The summed E-state index contributed by atoms with van der Waals surface area (Å²) >= 11 is 0. The third kappa shape index (κ3) is 2.90. The molecule has 6 heteroatoms. The van der Waals surface area contributed by atoms with Crippen molar-refractivity contribution in [3.8, 4) is 0 Å². The number of aryl methyl sites for hydroxylation is 2. The standard InChI is InChI=1S/C16H20N4O2/c1-11-12(13-5-2-3-6-14(13)18-11)7-8-15(21)19-20-10-4-9-17-16(20)22/h2-3,5-6,18H,4,7-10H2,1H3,(H,17,22)(H,19,21). The van der Waals surface area contributed by atoms with Crippen molar-refractivity contribution < 1.29 is 9.59 Å². The Morgan fingerprint density at radius 2 is 2.18 bits per heavy atom. The lowest BCUT2D eigenvalue weighted by molar-refractivity contribution is -0.124. The lowest BCUT2D eigenvalue weighted by Crippen LogP contribution is -2.54. The maximum atomic E-state index is 12.1. The zero-order valence-electron chi connectivity index (χ0n) is 12.6. The molecule has 1 aliphatic rings. The molecule has 0 unspecified atom stereocenters. The van der Waals surface area contributed by atoms with Crippen molar-refractivity contribution in [2.75, 3.05) is 13.1 Å². The fourth-order valence-corrected chi connectivity index (χ4v) is 2.84. The van der Waals surface area contributed by atoms with E-state index in [0.717, 1.165) is 28.6 Å². The van der Waals surface area contributed by atoms with E-state index >= 15 is 0 Å². The number of para-hydroxylation sites is 1. The summed E-state index contributed by atoms with van der Waals surface area (Å²) in [7, 11) is 0. The highest BCUT2D eigenvalue weighted by Crippen LogP contribution is 2.22. The molecule has 2 aromatic rings. The zero-order chi connectivity index (χ0) is 15.5. The lowest BCUT2D eigenvalue weighted by Gasteiger charge is -2.27. The number of benzene rings is 1. The summed E-state index contributed by atoms with van der Waals surface area (Å²) in [4.78, 5) is 27.0. The molecule has 3 amide bonds. The Balaban J connectivity index is 1.62. The summed E-state index contributed by atoms with van der Waals surface area (Å²) in [5, 5.41) is 5.22. The number of fused-ring (bicyclic) bond motifs is 1. The number of carbonyl (C=O) groups excluding carboxylic acids is 2. The Hall–Kier alpha value is -2.50. The zero-order valence-corrected chi connectivity index (χ0v) is 12.6. The van der Waals surface area contributed by atoms with Crippen molar-refractivity contribution in [2.24, 2.45) is 0 Å². The van der Waals surface area contributed by atoms with Gasteiger partial charge in [-0.2, -0.15) is 0 Å². The molecule has 0 spiro atoms. The van der Waals surface area contributed by atoms with Gasteiger partial charge in [0.1, 0.15) is 0 Å². The molecule has 1 aromatic heterocycles. The first-order valence-electron chi connectivity index (χ1n) is 7.56. The highest BCUT2D eigenvalue weighted by molar-refractivity contribution is 5.86. The maximum Gasteiger partial charge on any atom is 0.336 e. The monoisotopic (exact) mass is 300 g/mol. The smallest absolute Gasteiger partial charge is 0.336 e. The van der Waals surface area contributed by atoms with Crippen LogP contribution in [0.4, 0.5) is 4.79 Å². The Labute approximate surface area is 128 Å². The van der Waals surface area contributed by atoms with Gasteiger partial charge in [0, 0.05) is 36.1 Å². The fourth-order valence-electron chi connectivity index (χ4n) is 2.84. The van der Waals surface area contributed by atoms with Crippen LogP contribution in [0.15, 0.2) is 24.3 Å². The number of aromatic nitrogens is 1. The first-order chi connectivity index (χ1) is 10.6. The number of hydrogen-bond acceptors (Lipinski definition) is 2. The molecule has 0 bridgehead atoms. The average molecular weight is 300 g/mol. The molecule has 22 heavy (non-hydrogen) atoms. The molecular formula is C16H20N4O2. The van der Waals surface area contributed by atoms with E-state index in [1.807, 2.05) is 25.1 Å². The number of nitrogens with one attached hydrogen (secondary N) is 3. The van der Waals surface area contributed by atoms with E-state index in [4.69, 9.17) is 0 Å². The molecule has 2 heterocycles. The normalized spacial score (nSPS) is 15.0. The molecule has 1 aliphatic heterocycles. The average Bonchev–Trinajstić information content (AvgIpc) is 2.83. The Morgan fingerprint density at radius 1 is 1.36 bits per heavy atom. The van der Waals surface area contributed by atoms with Gasteiger partial charge in [-0.05, 0) is 31.4 Å². The van der Waals surface area contributed by atoms with Crippen LogP contribution in [0, 0.1) is 6.92 Å². The fraction of sp³-hybridized carbons (Fsp3) is 0.375. The second kappa shape index (κ2) is 6.09. The number of rotatable bonds is 4. The summed E-state index contributed by atoms with van der Waals surface area (Å²) in [5.74, 6) is -0.137. The van der Waals surface area contributed by atoms with E-state index in [0.29, 0.717) is 25.9 Å². The highest BCUT2D eigenvalue weighted by Gasteiger charge is 2.19. The van der Waals surface area contributed by atoms with Crippen LogP contribution in [-0.4, -0.2) is 35.0 Å². The van der Waals surface area contributed by atoms with Crippen molar-refractivity contribution in [2.45, 2.75) is 26.2 Å². The van der Waals surface area contributed by atoms with Gasteiger partial charge in [-0.1, -0.05) is 18.2 Å². The summed E-state index contributed by atoms with van der Waals surface area (Å²) in [6, 6.07) is 7.85. The molecule has 1 saturated heterocycles. The van der Waals surface area contributed by atoms with Crippen LogP contribution in [0.2, 0.25) is 0 Å². The Bertz CT molecular complexity index is 707. The highest BCUT2D eigenvalue weighted by atomic mass is 16.2. The van der Waals surface area contributed by atoms with Crippen molar-refractivity contribution >= 4 is 22.8 Å². The maximum absolute atomic E-state index is 12.1. The van der Waals surface area contributed by atoms with E-state index in [1.54, 1.807) is 0 Å². The van der Waals surface area contributed by atoms with Crippen LogP contribution >= 0.6 is 0 Å². The minimum Gasteiger partial charge on any atom is -0.358 e. The largest absolute Gasteiger partial charge is 0.358 e. The third-order valence-electron chi connectivity index (χ3n) is 3.97. The SMILES string of the molecule is Cc1[nH]c2ccccc2c1CCC(=O)NN1CCCNC1=O. The van der Waals surface area contributed by atoms with Crippen LogP contribution in [0.5, 0.6) is 0 Å². The van der Waals surface area contributed by atoms with E-state index in [-0.39, 0.29) is 11.9 Å². The summed E-state index contributed by atoms with van der Waals surface area (Å²) < 4.78 is 0. The Kier molecular flexibility index (Phi) is 4.00. The van der Waals surface area contributed by atoms with Gasteiger partial charge in [0.25, 0.3) is 0 Å². The van der Waals surface area contributed by atoms with E-state index in [1.165, 1.54) is 5.01 Å². The molecule has 3 rings (SSSR count). The molecule has 1 aromatic carbocycles. The second-order valence-electron chi connectivity index (χ2n) is 5.55. The van der Waals surface area contributed by atoms with E-state index in [9.17, 15) is 9.59 Å². The van der Waals surface area contributed by atoms with Crippen LogP contribution in [0.3, 0.4) is 0 Å². The van der Waals surface area contributed by atoms with Crippen LogP contribution < -0.4 is 10.7 Å². The summed E-state index contributed by atoms with van der Waals surface area (Å²) in [6.07, 6.45) is 1.84. The second-order valence-corrected chi connectivity index (χ2v) is 5.55. The number of amides is 3. The minimum atomic E-state index is -0.233. The number of nitrogens with zero attached hydrogens (tertiary/aromatic N) is 1. The van der Waals surface area contributed by atoms with Gasteiger partial charge in [-0.25, -0.2) is 9.80 Å². The summed E-state index contributed by atoms with van der Waals surface area (Å²) in [5.41, 5.74) is 6.01. The number of aromatic amines is 1. The van der Waals surface area contributed by atoms with Crippen molar-refractivity contribution in [1.29, 1.82) is 0 Å². The van der Waals surface area contributed by atoms with Crippen molar-refractivity contribution in [1.82, 2.24) is 20.7 Å². The van der Waals surface area contributed by atoms with Gasteiger partial charge in [-0.3, -0.25) is 10.2 Å². The predicted octanol–water partition coefficient (Wildman–Crippen LogP) is 1.86. The van der Waals surface area contributed by atoms with Crippen LogP contribution in [-0.2, 0) is 11.2 Å². The van der Waals surface area contributed by atoms with Crippen LogP contribution in [0.25, 0.3) is 10.9 Å². The van der Waals surface area contributed by atoms with Gasteiger partial charge in [-0.15, -0.1) is 0 Å². The summed E-state index contributed by atoms with van der Waals surface area (Å²) in [6.45, 7) is 3.24. The number of hydrogen-bond donors (Lipinski definition) is 3. The van der Waals surface area contributed by atoms with E-state index in [2.05, 4.69) is 21.8 Å². The number of hydrazine groups is 1. The van der Waals surface area contributed by atoms with Crippen molar-refractivity contribution in [3.05, 3.63) is 35.5 Å². The Morgan fingerprint density at radius 3 is 3.00 bits per heavy atom. The quantitative estimate of drug-likeness (QED) is 0.806. The lowest BCUT2D eigenvalue weighted by atomic mass is 10.1. The number of urea groups is 1. The molecule has 0 radical (unpaired) electrons. The third-order valence-corrected chi connectivity index (χ3v) is 3.97.